The van der Waals surface area contributed by atoms with Gasteiger partial charge in [-0.15, -0.1) is 0 Å². The van der Waals surface area contributed by atoms with Crippen molar-refractivity contribution in [3.8, 4) is 0 Å². The van der Waals surface area contributed by atoms with Crippen LogP contribution in [0.25, 0.3) is 0 Å². The van der Waals surface area contributed by atoms with E-state index < -0.39 is 0 Å². The van der Waals surface area contributed by atoms with Gasteiger partial charge in [-0.1, -0.05) is 49.1 Å². The second-order valence-corrected chi connectivity index (χ2v) is 7.01. The molecule has 26 heavy (non-hydrogen) atoms. The summed E-state index contributed by atoms with van der Waals surface area (Å²) in [6.07, 6.45) is 7.00. The van der Waals surface area contributed by atoms with Crippen LogP contribution in [-0.4, -0.2) is 22.6 Å². The van der Waals surface area contributed by atoms with Crippen molar-refractivity contribution in [3.63, 3.8) is 0 Å². The van der Waals surface area contributed by atoms with Crippen LogP contribution in [0.15, 0.2) is 36.5 Å². The standard InChI is InChI=1S/C20H23ClN4O/c1-13(22)17-18(21)16(20(26)25-15-10-6-3-7-11-15)12-23-19(17)24-14-8-4-2-5-9-14/h2,4-5,8-9,12,15,22H,3,6-7,10-11H2,1H3,(H,23,24)(H,25,26). The molecule has 0 atom stereocenters. The lowest BCUT2D eigenvalue weighted by atomic mass is 9.95. The van der Waals surface area contributed by atoms with Crippen molar-refractivity contribution in [1.82, 2.24) is 10.3 Å². The predicted octanol–water partition coefficient (Wildman–Crippen LogP) is 4.93. The molecule has 1 saturated carbocycles. The van der Waals surface area contributed by atoms with E-state index in [1.165, 1.54) is 12.6 Å². The smallest absolute Gasteiger partial charge is 0.254 e. The lowest BCUT2D eigenvalue weighted by molar-refractivity contribution is 0.0927. The molecule has 1 heterocycles. The molecule has 136 valence electrons. The third-order valence-electron chi connectivity index (χ3n) is 4.61. The molecular formula is C20H23ClN4O. The third-order valence-corrected chi connectivity index (χ3v) is 5.00. The molecule has 0 saturated heterocycles. The van der Waals surface area contributed by atoms with Gasteiger partial charge in [-0.2, -0.15) is 0 Å². The fourth-order valence-corrected chi connectivity index (χ4v) is 3.62. The van der Waals surface area contributed by atoms with E-state index >= 15 is 0 Å². The number of hydrogen-bond acceptors (Lipinski definition) is 4. The summed E-state index contributed by atoms with van der Waals surface area (Å²) in [6.45, 7) is 1.64. The molecule has 5 nitrogen and oxygen atoms in total. The molecular weight excluding hydrogens is 348 g/mol. The number of aromatic nitrogens is 1. The van der Waals surface area contributed by atoms with Gasteiger partial charge in [-0.25, -0.2) is 4.98 Å². The third kappa shape index (κ3) is 4.22. The molecule has 1 aromatic heterocycles. The van der Waals surface area contributed by atoms with Gasteiger partial charge in [0.05, 0.1) is 16.1 Å². The number of nitrogens with one attached hydrogen (secondary N) is 3. The molecule has 1 fully saturated rings. The quantitative estimate of drug-likeness (QED) is 0.653. The number of hydrogen-bond donors (Lipinski definition) is 3. The van der Waals surface area contributed by atoms with Crippen LogP contribution < -0.4 is 10.6 Å². The minimum absolute atomic E-state index is 0.193. The number of pyridine rings is 1. The van der Waals surface area contributed by atoms with Gasteiger partial charge in [0.2, 0.25) is 0 Å². The Balaban J connectivity index is 1.86. The van der Waals surface area contributed by atoms with E-state index in [2.05, 4.69) is 15.6 Å². The number of halogens is 1. The molecule has 6 heteroatoms. The monoisotopic (exact) mass is 370 g/mol. The summed E-state index contributed by atoms with van der Waals surface area (Å²) in [7, 11) is 0. The van der Waals surface area contributed by atoms with Crippen LogP contribution in [-0.2, 0) is 0 Å². The number of nitrogens with zero attached hydrogens (tertiary/aromatic N) is 1. The van der Waals surface area contributed by atoms with Crippen molar-refractivity contribution in [2.45, 2.75) is 45.1 Å². The summed E-state index contributed by atoms with van der Waals surface area (Å²) in [5.74, 6) is 0.256. The first kappa shape index (κ1) is 18.4. The first-order valence-electron chi connectivity index (χ1n) is 8.93. The highest BCUT2D eigenvalue weighted by atomic mass is 35.5. The van der Waals surface area contributed by atoms with Gasteiger partial charge < -0.3 is 16.0 Å². The first-order valence-corrected chi connectivity index (χ1v) is 9.31. The maximum atomic E-state index is 12.7. The highest BCUT2D eigenvalue weighted by molar-refractivity contribution is 6.37. The minimum atomic E-state index is -0.219. The molecule has 3 rings (SSSR count). The average Bonchev–Trinajstić information content (AvgIpc) is 2.63. The number of carbonyl (C=O) groups is 1. The zero-order chi connectivity index (χ0) is 18.5. The SMILES string of the molecule is CC(=N)c1c(Nc2ccccc2)ncc(C(=O)NC2CCCCC2)c1Cl. The molecule has 0 spiro atoms. The van der Waals surface area contributed by atoms with Crippen LogP contribution in [0.1, 0.15) is 54.9 Å². The summed E-state index contributed by atoms with van der Waals surface area (Å²) in [5, 5.41) is 14.6. The zero-order valence-corrected chi connectivity index (χ0v) is 15.6. The summed E-state index contributed by atoms with van der Waals surface area (Å²) < 4.78 is 0. The van der Waals surface area contributed by atoms with Crippen LogP contribution in [0.3, 0.4) is 0 Å². The van der Waals surface area contributed by atoms with E-state index in [4.69, 9.17) is 17.0 Å². The molecule has 1 aliphatic rings. The highest BCUT2D eigenvalue weighted by Gasteiger charge is 2.22. The van der Waals surface area contributed by atoms with Gasteiger partial charge in [0.25, 0.3) is 5.91 Å². The van der Waals surface area contributed by atoms with Gasteiger partial charge in [-0.05, 0) is 31.9 Å². The highest BCUT2D eigenvalue weighted by Crippen LogP contribution is 2.29. The lowest BCUT2D eigenvalue weighted by Gasteiger charge is -2.23. The van der Waals surface area contributed by atoms with Crippen LogP contribution in [0.4, 0.5) is 11.5 Å². The molecule has 0 aliphatic heterocycles. The van der Waals surface area contributed by atoms with Crippen LogP contribution in [0.2, 0.25) is 5.02 Å². The maximum Gasteiger partial charge on any atom is 0.254 e. The number of rotatable bonds is 5. The van der Waals surface area contributed by atoms with E-state index in [-0.39, 0.29) is 22.7 Å². The Morgan fingerprint density at radius 3 is 2.54 bits per heavy atom. The minimum Gasteiger partial charge on any atom is -0.349 e. The summed E-state index contributed by atoms with van der Waals surface area (Å²) in [4.78, 5) is 17.0. The Labute approximate surface area is 158 Å². The number of benzene rings is 1. The Kier molecular flexibility index (Phi) is 5.89. The second-order valence-electron chi connectivity index (χ2n) is 6.63. The average molecular weight is 371 g/mol. The van der Waals surface area contributed by atoms with Crippen LogP contribution in [0, 0.1) is 5.41 Å². The van der Waals surface area contributed by atoms with Crippen molar-refractivity contribution in [2.75, 3.05) is 5.32 Å². The zero-order valence-electron chi connectivity index (χ0n) is 14.8. The normalized spacial score (nSPS) is 14.7. The largest absolute Gasteiger partial charge is 0.349 e. The van der Waals surface area contributed by atoms with E-state index in [1.54, 1.807) is 6.92 Å². The molecule has 0 bridgehead atoms. The van der Waals surface area contributed by atoms with Gasteiger partial charge in [0.15, 0.2) is 0 Å². The number of anilines is 2. The van der Waals surface area contributed by atoms with Crippen molar-refractivity contribution in [1.29, 1.82) is 5.41 Å². The maximum absolute atomic E-state index is 12.7. The van der Waals surface area contributed by atoms with Crippen molar-refractivity contribution in [2.24, 2.45) is 0 Å². The van der Waals surface area contributed by atoms with Gasteiger partial charge in [0, 0.05) is 23.6 Å². The molecule has 1 aliphatic carbocycles. The first-order chi connectivity index (χ1) is 12.6. The fourth-order valence-electron chi connectivity index (χ4n) is 3.25. The summed E-state index contributed by atoms with van der Waals surface area (Å²) in [6, 6.07) is 9.75. The van der Waals surface area contributed by atoms with Crippen molar-refractivity contribution < 1.29 is 4.79 Å². The van der Waals surface area contributed by atoms with Gasteiger partial charge >= 0.3 is 0 Å². The summed E-state index contributed by atoms with van der Waals surface area (Å²) >= 11 is 6.51. The number of carbonyl (C=O) groups excluding carboxylic acids is 1. The van der Waals surface area contributed by atoms with Crippen molar-refractivity contribution >= 4 is 34.7 Å². The van der Waals surface area contributed by atoms with Gasteiger partial charge in [0.1, 0.15) is 5.82 Å². The van der Waals surface area contributed by atoms with Crippen LogP contribution in [0.5, 0.6) is 0 Å². The molecule has 0 unspecified atom stereocenters. The van der Waals surface area contributed by atoms with Crippen LogP contribution >= 0.6 is 11.6 Å². The van der Waals surface area contributed by atoms with E-state index in [0.29, 0.717) is 16.9 Å². The Bertz CT molecular complexity index is 801. The topological polar surface area (TPSA) is 77.9 Å². The van der Waals surface area contributed by atoms with Crippen molar-refractivity contribution in [3.05, 3.63) is 52.7 Å². The van der Waals surface area contributed by atoms with E-state index in [1.807, 2.05) is 30.3 Å². The number of para-hydroxylation sites is 1. The van der Waals surface area contributed by atoms with Gasteiger partial charge in [-0.3, -0.25) is 4.79 Å². The fraction of sp³-hybridized carbons (Fsp3) is 0.350. The molecule has 1 amide bonds. The molecule has 1 aromatic carbocycles. The molecule has 2 aromatic rings. The second kappa shape index (κ2) is 8.32. The lowest BCUT2D eigenvalue weighted by Crippen LogP contribution is -2.36. The Morgan fingerprint density at radius 2 is 1.88 bits per heavy atom. The molecule has 0 radical (unpaired) electrons. The Morgan fingerprint density at radius 1 is 1.19 bits per heavy atom. The number of amides is 1. The Hall–Kier alpha value is -2.40. The van der Waals surface area contributed by atoms with E-state index in [9.17, 15) is 4.79 Å². The van der Waals surface area contributed by atoms with E-state index in [0.717, 1.165) is 31.4 Å². The predicted molar refractivity (Wildman–Crippen MR) is 106 cm³/mol. The molecule has 3 N–H and O–H groups in total. The summed E-state index contributed by atoms with van der Waals surface area (Å²) in [5.41, 5.74) is 1.87.